The highest BCUT2D eigenvalue weighted by Crippen LogP contribution is 2.26. The van der Waals surface area contributed by atoms with Crippen LogP contribution >= 0.6 is 11.6 Å². The van der Waals surface area contributed by atoms with E-state index in [0.29, 0.717) is 12.1 Å². The van der Waals surface area contributed by atoms with E-state index in [1.807, 2.05) is 25.1 Å². The fourth-order valence-corrected chi connectivity index (χ4v) is 3.20. The minimum atomic E-state index is -0.457. The number of aryl methyl sites for hydroxylation is 1. The third-order valence-electron chi connectivity index (χ3n) is 4.28. The highest BCUT2D eigenvalue weighted by Gasteiger charge is 2.19. The Balaban J connectivity index is 1.76. The van der Waals surface area contributed by atoms with E-state index in [1.54, 1.807) is 6.07 Å². The molecule has 2 aromatic carbocycles. The lowest BCUT2D eigenvalue weighted by atomic mass is 10.1. The summed E-state index contributed by atoms with van der Waals surface area (Å²) in [5.41, 5.74) is 3.48. The van der Waals surface area contributed by atoms with E-state index in [-0.39, 0.29) is 10.9 Å². The second kappa shape index (κ2) is 7.22. The van der Waals surface area contributed by atoms with Gasteiger partial charge in [-0.2, -0.15) is 0 Å². The molecule has 1 aliphatic rings. The van der Waals surface area contributed by atoms with Gasteiger partial charge in [-0.25, -0.2) is 4.39 Å². The fraction of sp³-hybridized carbons (Fsp3) is 0.316. The molecule has 0 radical (unpaired) electrons. The minimum absolute atomic E-state index is 0.0649. The number of carbonyl (C=O) groups is 1. The van der Waals surface area contributed by atoms with Gasteiger partial charge in [0.25, 0.3) is 5.91 Å². The summed E-state index contributed by atoms with van der Waals surface area (Å²) >= 11 is 5.78. The molecule has 0 aliphatic carbocycles. The standard InChI is InChI=1S/C19H20ClFN2O/c1-13-4-7-18(23-8-2-3-9-23)15(10-13)19(24)22-12-14-5-6-17(21)16(20)11-14/h4-7,10-11H,2-3,8-9,12H2,1H3,(H,22,24). The van der Waals surface area contributed by atoms with Crippen molar-refractivity contribution in [2.24, 2.45) is 0 Å². The van der Waals surface area contributed by atoms with E-state index >= 15 is 0 Å². The number of nitrogens with one attached hydrogen (secondary N) is 1. The topological polar surface area (TPSA) is 32.3 Å². The molecule has 1 fully saturated rings. The Morgan fingerprint density at radius 3 is 2.67 bits per heavy atom. The molecule has 0 bridgehead atoms. The predicted octanol–water partition coefficient (Wildman–Crippen LogP) is 4.32. The summed E-state index contributed by atoms with van der Waals surface area (Å²) in [4.78, 5) is 14.9. The van der Waals surface area contributed by atoms with Crippen LogP contribution in [0.2, 0.25) is 5.02 Å². The van der Waals surface area contributed by atoms with Crippen molar-refractivity contribution in [3.63, 3.8) is 0 Å². The molecule has 0 spiro atoms. The number of halogens is 2. The van der Waals surface area contributed by atoms with Crippen LogP contribution in [0, 0.1) is 12.7 Å². The fourth-order valence-electron chi connectivity index (χ4n) is 2.99. The number of rotatable bonds is 4. The molecule has 5 heteroatoms. The Kier molecular flexibility index (Phi) is 5.05. The van der Waals surface area contributed by atoms with Crippen LogP contribution in [0.5, 0.6) is 0 Å². The summed E-state index contributed by atoms with van der Waals surface area (Å²) in [6, 6.07) is 10.4. The van der Waals surface area contributed by atoms with Gasteiger partial charge in [0.2, 0.25) is 0 Å². The zero-order valence-electron chi connectivity index (χ0n) is 13.6. The van der Waals surface area contributed by atoms with Gasteiger partial charge in [0.05, 0.1) is 10.6 Å². The Hall–Kier alpha value is -2.07. The maximum absolute atomic E-state index is 13.2. The molecule has 24 heavy (non-hydrogen) atoms. The molecular formula is C19H20ClFN2O. The molecule has 0 atom stereocenters. The largest absolute Gasteiger partial charge is 0.371 e. The van der Waals surface area contributed by atoms with Crippen LogP contribution < -0.4 is 10.2 Å². The van der Waals surface area contributed by atoms with Crippen molar-refractivity contribution in [1.82, 2.24) is 5.32 Å². The van der Waals surface area contributed by atoms with Crippen LogP contribution in [-0.4, -0.2) is 19.0 Å². The number of benzene rings is 2. The van der Waals surface area contributed by atoms with Gasteiger partial charge in [0.1, 0.15) is 5.82 Å². The van der Waals surface area contributed by atoms with Crippen molar-refractivity contribution in [3.05, 3.63) is 63.9 Å². The zero-order valence-corrected chi connectivity index (χ0v) is 14.4. The lowest BCUT2D eigenvalue weighted by molar-refractivity contribution is 0.0951. The summed E-state index contributed by atoms with van der Waals surface area (Å²) in [5.74, 6) is -0.581. The van der Waals surface area contributed by atoms with E-state index in [2.05, 4.69) is 10.2 Å². The van der Waals surface area contributed by atoms with Gasteiger partial charge in [-0.1, -0.05) is 29.3 Å². The third kappa shape index (κ3) is 3.70. The molecule has 126 valence electrons. The zero-order chi connectivity index (χ0) is 17.1. The van der Waals surface area contributed by atoms with Gasteiger partial charge in [-0.3, -0.25) is 4.79 Å². The quantitative estimate of drug-likeness (QED) is 0.894. The van der Waals surface area contributed by atoms with Gasteiger partial charge < -0.3 is 10.2 Å². The Morgan fingerprint density at radius 2 is 1.96 bits per heavy atom. The van der Waals surface area contributed by atoms with Crippen LogP contribution in [0.25, 0.3) is 0 Å². The first kappa shape index (κ1) is 16.8. The Bertz CT molecular complexity index is 757. The molecule has 1 amide bonds. The van der Waals surface area contributed by atoms with Crippen molar-refractivity contribution >= 4 is 23.2 Å². The number of amides is 1. The van der Waals surface area contributed by atoms with Gasteiger partial charge in [-0.15, -0.1) is 0 Å². The molecule has 2 aromatic rings. The molecule has 0 aromatic heterocycles. The highest BCUT2D eigenvalue weighted by molar-refractivity contribution is 6.30. The van der Waals surface area contributed by atoms with Crippen LogP contribution in [0.3, 0.4) is 0 Å². The number of hydrogen-bond donors (Lipinski definition) is 1. The second-order valence-corrected chi connectivity index (χ2v) is 6.55. The van der Waals surface area contributed by atoms with Crippen LogP contribution in [0.15, 0.2) is 36.4 Å². The van der Waals surface area contributed by atoms with Gasteiger partial charge >= 0.3 is 0 Å². The predicted molar refractivity (Wildman–Crippen MR) is 95.2 cm³/mol. The van der Waals surface area contributed by atoms with E-state index < -0.39 is 5.82 Å². The molecule has 1 heterocycles. The average Bonchev–Trinajstić information content (AvgIpc) is 3.10. The van der Waals surface area contributed by atoms with E-state index in [1.165, 1.54) is 12.1 Å². The molecular weight excluding hydrogens is 327 g/mol. The third-order valence-corrected chi connectivity index (χ3v) is 4.57. The first-order valence-electron chi connectivity index (χ1n) is 8.12. The summed E-state index contributed by atoms with van der Waals surface area (Å²) in [6.45, 7) is 4.25. The molecule has 3 rings (SSSR count). The molecule has 0 saturated carbocycles. The molecule has 0 unspecified atom stereocenters. The number of anilines is 1. The molecule has 1 aliphatic heterocycles. The summed E-state index contributed by atoms with van der Waals surface area (Å²) in [6.07, 6.45) is 2.31. The average molecular weight is 347 g/mol. The maximum atomic E-state index is 13.2. The number of nitrogens with zero attached hydrogens (tertiary/aromatic N) is 1. The van der Waals surface area contributed by atoms with E-state index in [0.717, 1.165) is 42.7 Å². The number of carbonyl (C=O) groups excluding carboxylic acids is 1. The second-order valence-electron chi connectivity index (χ2n) is 6.15. The normalized spacial score (nSPS) is 14.0. The van der Waals surface area contributed by atoms with Crippen molar-refractivity contribution in [1.29, 1.82) is 0 Å². The molecule has 3 nitrogen and oxygen atoms in total. The van der Waals surface area contributed by atoms with Gasteiger partial charge in [-0.05, 0) is 49.6 Å². The van der Waals surface area contributed by atoms with Crippen molar-refractivity contribution in [3.8, 4) is 0 Å². The lowest BCUT2D eigenvalue weighted by Gasteiger charge is -2.21. The lowest BCUT2D eigenvalue weighted by Crippen LogP contribution is -2.27. The summed E-state index contributed by atoms with van der Waals surface area (Å²) in [5, 5.41) is 2.97. The SMILES string of the molecule is Cc1ccc(N2CCCC2)c(C(=O)NCc2ccc(F)c(Cl)c2)c1. The summed E-state index contributed by atoms with van der Waals surface area (Å²) in [7, 11) is 0. The van der Waals surface area contributed by atoms with Crippen molar-refractivity contribution in [2.45, 2.75) is 26.3 Å². The van der Waals surface area contributed by atoms with Crippen molar-refractivity contribution < 1.29 is 9.18 Å². The smallest absolute Gasteiger partial charge is 0.253 e. The first-order chi connectivity index (χ1) is 11.5. The Morgan fingerprint density at radius 1 is 1.21 bits per heavy atom. The monoisotopic (exact) mass is 346 g/mol. The van der Waals surface area contributed by atoms with E-state index in [9.17, 15) is 9.18 Å². The first-order valence-corrected chi connectivity index (χ1v) is 8.50. The maximum Gasteiger partial charge on any atom is 0.253 e. The Labute approximate surface area is 146 Å². The highest BCUT2D eigenvalue weighted by atomic mass is 35.5. The minimum Gasteiger partial charge on any atom is -0.371 e. The van der Waals surface area contributed by atoms with E-state index in [4.69, 9.17) is 11.6 Å². The van der Waals surface area contributed by atoms with Crippen molar-refractivity contribution in [2.75, 3.05) is 18.0 Å². The molecule has 1 saturated heterocycles. The van der Waals surface area contributed by atoms with Gasteiger partial charge in [0.15, 0.2) is 0 Å². The van der Waals surface area contributed by atoms with Gasteiger partial charge in [0, 0.05) is 25.3 Å². The van der Waals surface area contributed by atoms with Crippen LogP contribution in [0.1, 0.15) is 34.3 Å². The van der Waals surface area contributed by atoms with Crippen LogP contribution in [-0.2, 0) is 6.54 Å². The van der Waals surface area contributed by atoms with Crippen LogP contribution in [0.4, 0.5) is 10.1 Å². The molecule has 1 N–H and O–H groups in total. The summed E-state index contributed by atoms with van der Waals surface area (Å²) < 4.78 is 13.2. The number of hydrogen-bond acceptors (Lipinski definition) is 2.